The van der Waals surface area contributed by atoms with Crippen LogP contribution in [0.1, 0.15) is 48.3 Å². The van der Waals surface area contributed by atoms with E-state index in [0.717, 1.165) is 11.3 Å². The number of amides is 2. The van der Waals surface area contributed by atoms with E-state index in [1.54, 1.807) is 29.4 Å². The summed E-state index contributed by atoms with van der Waals surface area (Å²) >= 11 is 0. The van der Waals surface area contributed by atoms with Gasteiger partial charge in [-0.15, -0.1) is 0 Å². The lowest BCUT2D eigenvalue weighted by atomic mass is 9.98. The van der Waals surface area contributed by atoms with Crippen LogP contribution in [0.3, 0.4) is 0 Å². The van der Waals surface area contributed by atoms with E-state index in [1.807, 2.05) is 13.8 Å². The zero-order valence-electron chi connectivity index (χ0n) is 14.0. The summed E-state index contributed by atoms with van der Waals surface area (Å²) < 4.78 is 0. The van der Waals surface area contributed by atoms with Gasteiger partial charge in [0.25, 0.3) is 5.91 Å². The lowest BCUT2D eigenvalue weighted by molar-refractivity contribution is -0.118. The highest BCUT2D eigenvalue weighted by Gasteiger charge is 2.27. The van der Waals surface area contributed by atoms with E-state index in [4.69, 9.17) is 0 Å². The first kappa shape index (κ1) is 16.2. The molecule has 2 N–H and O–H groups in total. The standard InChI is InChI=1S/C17H21N5O2/c1-10(2)16(23)20-14-6-12(4-5-18-14)17(24)22-8-11(3)15-13(9-22)7-19-21-15/h4-7,10-11H,8-9H2,1-3H3,(H,19,21)(H,18,20,23). The summed E-state index contributed by atoms with van der Waals surface area (Å²) in [4.78, 5) is 30.5. The van der Waals surface area contributed by atoms with Gasteiger partial charge in [-0.05, 0) is 12.1 Å². The Hall–Kier alpha value is -2.70. The number of carbonyl (C=O) groups is 2. The van der Waals surface area contributed by atoms with Crippen molar-refractivity contribution in [3.05, 3.63) is 41.3 Å². The van der Waals surface area contributed by atoms with E-state index in [9.17, 15) is 9.59 Å². The summed E-state index contributed by atoms with van der Waals surface area (Å²) in [5.74, 6) is 0.266. The maximum atomic E-state index is 12.8. The largest absolute Gasteiger partial charge is 0.334 e. The predicted octanol–water partition coefficient (Wildman–Crippen LogP) is 2.16. The molecule has 24 heavy (non-hydrogen) atoms. The van der Waals surface area contributed by atoms with Gasteiger partial charge < -0.3 is 10.2 Å². The smallest absolute Gasteiger partial charge is 0.254 e. The SMILES string of the molecule is CC(C)C(=O)Nc1cc(C(=O)N2Cc3cn[nH]c3C(C)C2)ccn1. The normalized spacial score (nSPS) is 16.8. The predicted molar refractivity (Wildman–Crippen MR) is 89.4 cm³/mol. The highest BCUT2D eigenvalue weighted by Crippen LogP contribution is 2.27. The second-order valence-electron chi connectivity index (χ2n) is 6.47. The number of hydrogen-bond donors (Lipinski definition) is 2. The number of carbonyl (C=O) groups excluding carboxylic acids is 2. The van der Waals surface area contributed by atoms with Crippen LogP contribution < -0.4 is 5.32 Å². The van der Waals surface area contributed by atoms with Crippen LogP contribution >= 0.6 is 0 Å². The summed E-state index contributed by atoms with van der Waals surface area (Å²) in [5, 5.41) is 9.79. The van der Waals surface area contributed by atoms with Gasteiger partial charge in [-0.2, -0.15) is 5.10 Å². The Kier molecular flexibility index (Phi) is 4.33. The molecule has 2 amide bonds. The van der Waals surface area contributed by atoms with Crippen LogP contribution in [0, 0.1) is 5.92 Å². The van der Waals surface area contributed by atoms with Crippen molar-refractivity contribution in [1.82, 2.24) is 20.1 Å². The van der Waals surface area contributed by atoms with E-state index in [0.29, 0.717) is 24.5 Å². The second kappa shape index (κ2) is 6.43. The van der Waals surface area contributed by atoms with Crippen LogP contribution in [-0.2, 0) is 11.3 Å². The van der Waals surface area contributed by atoms with E-state index >= 15 is 0 Å². The Morgan fingerprint density at radius 2 is 2.21 bits per heavy atom. The number of pyridine rings is 1. The average Bonchev–Trinajstić information content (AvgIpc) is 3.03. The number of fused-ring (bicyclic) bond motifs is 1. The fraction of sp³-hybridized carbons (Fsp3) is 0.412. The summed E-state index contributed by atoms with van der Waals surface area (Å²) in [7, 11) is 0. The number of hydrogen-bond acceptors (Lipinski definition) is 4. The van der Waals surface area contributed by atoms with Crippen LogP contribution in [0.15, 0.2) is 24.5 Å². The van der Waals surface area contributed by atoms with Gasteiger partial charge in [-0.25, -0.2) is 4.98 Å². The summed E-state index contributed by atoms with van der Waals surface area (Å²) in [6, 6.07) is 3.29. The minimum absolute atomic E-state index is 0.0730. The molecule has 3 rings (SSSR count). The molecule has 0 aromatic carbocycles. The zero-order valence-corrected chi connectivity index (χ0v) is 14.0. The van der Waals surface area contributed by atoms with E-state index in [1.165, 1.54) is 0 Å². The maximum Gasteiger partial charge on any atom is 0.254 e. The lowest BCUT2D eigenvalue weighted by Crippen LogP contribution is -2.37. The van der Waals surface area contributed by atoms with Gasteiger partial charge >= 0.3 is 0 Å². The van der Waals surface area contributed by atoms with Crippen molar-refractivity contribution in [1.29, 1.82) is 0 Å². The third kappa shape index (κ3) is 3.15. The van der Waals surface area contributed by atoms with E-state index in [-0.39, 0.29) is 23.7 Å². The fourth-order valence-electron chi connectivity index (χ4n) is 2.81. The van der Waals surface area contributed by atoms with Crippen molar-refractivity contribution >= 4 is 17.6 Å². The number of H-pyrrole nitrogens is 1. The van der Waals surface area contributed by atoms with Crippen LogP contribution in [-0.4, -0.2) is 38.4 Å². The molecule has 126 valence electrons. The van der Waals surface area contributed by atoms with E-state index in [2.05, 4.69) is 27.4 Å². The molecule has 7 heteroatoms. The van der Waals surface area contributed by atoms with Crippen molar-refractivity contribution in [3.8, 4) is 0 Å². The van der Waals surface area contributed by atoms with Crippen molar-refractivity contribution in [2.75, 3.05) is 11.9 Å². The highest BCUT2D eigenvalue weighted by atomic mass is 16.2. The Morgan fingerprint density at radius 1 is 1.42 bits per heavy atom. The molecule has 0 bridgehead atoms. The molecule has 0 saturated carbocycles. The molecule has 0 aliphatic carbocycles. The number of anilines is 1. The number of nitrogens with zero attached hydrogens (tertiary/aromatic N) is 3. The Morgan fingerprint density at radius 3 is 2.96 bits per heavy atom. The van der Waals surface area contributed by atoms with E-state index < -0.39 is 0 Å². The van der Waals surface area contributed by atoms with Gasteiger partial charge in [0.05, 0.1) is 6.20 Å². The topological polar surface area (TPSA) is 91.0 Å². The average molecular weight is 327 g/mol. The molecule has 1 atom stereocenters. The minimum atomic E-state index is -0.145. The molecule has 0 radical (unpaired) electrons. The fourth-order valence-corrected chi connectivity index (χ4v) is 2.81. The molecule has 1 aliphatic heterocycles. The van der Waals surface area contributed by atoms with Crippen molar-refractivity contribution in [2.45, 2.75) is 33.2 Å². The third-order valence-electron chi connectivity index (χ3n) is 4.17. The highest BCUT2D eigenvalue weighted by molar-refractivity contribution is 5.97. The Balaban J connectivity index is 1.77. The molecule has 1 aliphatic rings. The van der Waals surface area contributed by atoms with Crippen LogP contribution in [0.25, 0.3) is 0 Å². The molecule has 0 spiro atoms. The maximum absolute atomic E-state index is 12.8. The van der Waals surface area contributed by atoms with Crippen LogP contribution in [0.4, 0.5) is 5.82 Å². The molecule has 1 unspecified atom stereocenters. The number of nitrogens with one attached hydrogen (secondary N) is 2. The zero-order chi connectivity index (χ0) is 17.3. The minimum Gasteiger partial charge on any atom is -0.334 e. The third-order valence-corrected chi connectivity index (χ3v) is 4.17. The number of rotatable bonds is 3. The molecule has 7 nitrogen and oxygen atoms in total. The quantitative estimate of drug-likeness (QED) is 0.904. The molecule has 0 saturated heterocycles. The van der Waals surface area contributed by atoms with Crippen LogP contribution in [0.2, 0.25) is 0 Å². The lowest BCUT2D eigenvalue weighted by Gasteiger charge is -2.30. The second-order valence-corrected chi connectivity index (χ2v) is 6.47. The van der Waals surface area contributed by atoms with Crippen molar-refractivity contribution in [2.24, 2.45) is 5.92 Å². The number of aromatic nitrogens is 3. The first-order valence-corrected chi connectivity index (χ1v) is 8.04. The van der Waals surface area contributed by atoms with Gasteiger partial charge in [0, 0.05) is 47.9 Å². The van der Waals surface area contributed by atoms with Crippen molar-refractivity contribution in [3.63, 3.8) is 0 Å². The monoisotopic (exact) mass is 327 g/mol. The molecule has 3 heterocycles. The molecular weight excluding hydrogens is 306 g/mol. The first-order valence-electron chi connectivity index (χ1n) is 8.04. The first-order chi connectivity index (χ1) is 11.5. The van der Waals surface area contributed by atoms with Gasteiger partial charge in [0.1, 0.15) is 5.82 Å². The van der Waals surface area contributed by atoms with Gasteiger partial charge in [-0.3, -0.25) is 14.7 Å². The molecule has 2 aromatic rings. The van der Waals surface area contributed by atoms with Crippen LogP contribution in [0.5, 0.6) is 0 Å². The molecule has 2 aromatic heterocycles. The Bertz CT molecular complexity index is 768. The molecule has 0 fully saturated rings. The summed E-state index contributed by atoms with van der Waals surface area (Å²) in [6.45, 7) is 6.84. The van der Waals surface area contributed by atoms with Gasteiger partial charge in [-0.1, -0.05) is 20.8 Å². The number of aromatic amines is 1. The summed E-state index contributed by atoms with van der Waals surface area (Å²) in [6.07, 6.45) is 3.31. The van der Waals surface area contributed by atoms with Crippen molar-refractivity contribution < 1.29 is 9.59 Å². The Labute approximate surface area is 140 Å². The van der Waals surface area contributed by atoms with Gasteiger partial charge in [0.15, 0.2) is 0 Å². The van der Waals surface area contributed by atoms with Gasteiger partial charge in [0.2, 0.25) is 5.91 Å². The summed E-state index contributed by atoms with van der Waals surface area (Å²) in [5.41, 5.74) is 2.66. The molecular formula is C17H21N5O2.